The van der Waals surface area contributed by atoms with Crippen molar-refractivity contribution in [2.75, 3.05) is 0 Å². The Morgan fingerprint density at radius 3 is 2.24 bits per heavy atom. The second kappa shape index (κ2) is 6.60. The first-order chi connectivity index (χ1) is 10.0. The normalized spacial score (nSPS) is 15.8. The summed E-state index contributed by atoms with van der Waals surface area (Å²) in [7, 11) is 0. The predicted molar refractivity (Wildman–Crippen MR) is 73.7 cm³/mol. The molecular weight excluding hydrogens is 277 g/mol. The van der Waals surface area contributed by atoms with Gasteiger partial charge in [-0.3, -0.25) is 0 Å². The second-order valence-electron chi connectivity index (χ2n) is 5.13. The van der Waals surface area contributed by atoms with E-state index >= 15 is 0 Å². The molecule has 0 unspecified atom stereocenters. The molecule has 0 spiro atoms. The van der Waals surface area contributed by atoms with Gasteiger partial charge in [-0.05, 0) is 37.1 Å². The van der Waals surface area contributed by atoms with Crippen LogP contribution in [0, 0.1) is 17.8 Å². The van der Waals surface area contributed by atoms with E-state index in [9.17, 15) is 13.2 Å². The van der Waals surface area contributed by atoms with Gasteiger partial charge < -0.3 is 5.53 Å². The lowest BCUT2D eigenvalue weighted by atomic mass is 9.89. The van der Waals surface area contributed by atoms with Crippen LogP contribution in [0.5, 0.6) is 0 Å². The summed E-state index contributed by atoms with van der Waals surface area (Å²) in [6.45, 7) is 0. The van der Waals surface area contributed by atoms with Gasteiger partial charge in [0.05, 0.1) is 5.56 Å². The number of hydrogen-bond donors (Lipinski definition) is 0. The van der Waals surface area contributed by atoms with Gasteiger partial charge in [0.2, 0.25) is 0 Å². The summed E-state index contributed by atoms with van der Waals surface area (Å²) in [6.07, 6.45) is 1.17. The number of alkyl halides is 3. The lowest BCUT2D eigenvalue weighted by molar-refractivity contribution is -0.111. The number of rotatable bonds is 1. The molecule has 0 atom stereocenters. The first-order valence-electron chi connectivity index (χ1n) is 6.92. The third-order valence-corrected chi connectivity index (χ3v) is 3.55. The molecule has 0 aromatic heterocycles. The van der Waals surface area contributed by atoms with Crippen LogP contribution >= 0.6 is 0 Å². The summed E-state index contributed by atoms with van der Waals surface area (Å²) >= 11 is 0. The standard InChI is InChI=1S/C16H15F3N2/c17-16(18,19)15(21-20)14-10-8-13(9-11-14)7-6-12-4-2-1-3-5-12/h8-12H,1-5H2. The van der Waals surface area contributed by atoms with Crippen molar-refractivity contribution in [3.8, 4) is 11.8 Å². The van der Waals surface area contributed by atoms with Crippen LogP contribution in [0.25, 0.3) is 5.53 Å². The van der Waals surface area contributed by atoms with E-state index in [2.05, 4.69) is 16.6 Å². The fourth-order valence-corrected chi connectivity index (χ4v) is 2.42. The van der Waals surface area contributed by atoms with Gasteiger partial charge in [-0.1, -0.05) is 31.1 Å². The van der Waals surface area contributed by atoms with E-state index in [0.29, 0.717) is 11.5 Å². The summed E-state index contributed by atoms with van der Waals surface area (Å²) in [5.74, 6) is 6.57. The average Bonchev–Trinajstić information content (AvgIpc) is 2.47. The summed E-state index contributed by atoms with van der Waals surface area (Å²) < 4.78 is 37.7. The van der Waals surface area contributed by atoms with Gasteiger partial charge >= 0.3 is 11.9 Å². The van der Waals surface area contributed by atoms with Crippen LogP contribution in [0.1, 0.15) is 43.2 Å². The number of nitrogens with zero attached hydrogens (tertiary/aromatic N) is 2. The minimum absolute atomic E-state index is 0.173. The molecule has 5 heteroatoms. The molecule has 1 aromatic carbocycles. The minimum Gasteiger partial charge on any atom is -0.361 e. The van der Waals surface area contributed by atoms with Gasteiger partial charge in [-0.2, -0.15) is 18.0 Å². The monoisotopic (exact) mass is 292 g/mol. The van der Waals surface area contributed by atoms with E-state index in [0.717, 1.165) is 12.8 Å². The highest BCUT2D eigenvalue weighted by atomic mass is 19.4. The molecule has 110 valence electrons. The predicted octanol–water partition coefficient (Wildman–Crippen LogP) is 4.20. The van der Waals surface area contributed by atoms with Crippen molar-refractivity contribution < 1.29 is 18.0 Å². The maximum atomic E-state index is 12.6. The van der Waals surface area contributed by atoms with Gasteiger partial charge in [0.25, 0.3) is 0 Å². The molecular formula is C16H15F3N2. The van der Waals surface area contributed by atoms with Crippen LogP contribution in [0.15, 0.2) is 24.3 Å². The molecule has 2 nitrogen and oxygen atoms in total. The Bertz CT molecular complexity index is 593. The van der Waals surface area contributed by atoms with Crippen molar-refractivity contribution in [2.24, 2.45) is 5.92 Å². The fraction of sp³-hybridized carbons (Fsp3) is 0.438. The Hall–Kier alpha value is -2.05. The summed E-state index contributed by atoms with van der Waals surface area (Å²) in [4.78, 5) is 2.33. The largest absolute Gasteiger partial charge is 0.495 e. The van der Waals surface area contributed by atoms with Crippen molar-refractivity contribution in [2.45, 2.75) is 38.3 Å². The van der Waals surface area contributed by atoms with Crippen LogP contribution in [-0.4, -0.2) is 16.7 Å². The maximum Gasteiger partial charge on any atom is 0.495 e. The molecule has 1 aliphatic carbocycles. The minimum atomic E-state index is -4.68. The highest BCUT2D eigenvalue weighted by molar-refractivity contribution is 6.00. The molecule has 21 heavy (non-hydrogen) atoms. The zero-order valence-electron chi connectivity index (χ0n) is 11.5. The first-order valence-corrected chi connectivity index (χ1v) is 6.92. The van der Waals surface area contributed by atoms with Crippen LogP contribution in [-0.2, 0) is 0 Å². The van der Waals surface area contributed by atoms with Crippen molar-refractivity contribution in [1.82, 2.24) is 0 Å². The smallest absolute Gasteiger partial charge is 0.361 e. The van der Waals surface area contributed by atoms with E-state index in [-0.39, 0.29) is 5.56 Å². The Labute approximate surface area is 121 Å². The molecule has 0 saturated heterocycles. The van der Waals surface area contributed by atoms with Crippen molar-refractivity contribution in [1.29, 1.82) is 0 Å². The zero-order chi connectivity index (χ0) is 15.3. The second-order valence-corrected chi connectivity index (χ2v) is 5.13. The lowest BCUT2D eigenvalue weighted by Gasteiger charge is -2.15. The van der Waals surface area contributed by atoms with Gasteiger partial charge in [0, 0.05) is 11.5 Å². The number of halogens is 3. The van der Waals surface area contributed by atoms with Gasteiger partial charge in [-0.25, -0.2) is 0 Å². The Kier molecular flexibility index (Phi) is 4.82. The zero-order valence-corrected chi connectivity index (χ0v) is 11.5. The molecule has 0 bridgehead atoms. The van der Waals surface area contributed by atoms with Crippen LogP contribution < -0.4 is 0 Å². The summed E-state index contributed by atoms with van der Waals surface area (Å²) in [5, 5.41) is 0. The molecule has 1 fully saturated rings. The van der Waals surface area contributed by atoms with E-state index in [1.807, 2.05) is 0 Å². The fourth-order valence-electron chi connectivity index (χ4n) is 2.42. The highest BCUT2D eigenvalue weighted by Crippen LogP contribution is 2.23. The third-order valence-electron chi connectivity index (χ3n) is 3.55. The molecule has 2 rings (SSSR count). The maximum absolute atomic E-state index is 12.6. The lowest BCUT2D eigenvalue weighted by Crippen LogP contribution is -2.24. The quantitative estimate of drug-likeness (QED) is 0.322. The topological polar surface area (TPSA) is 36.4 Å². The molecule has 0 amide bonds. The van der Waals surface area contributed by atoms with Gasteiger partial charge in [0.15, 0.2) is 0 Å². The van der Waals surface area contributed by atoms with Crippen molar-refractivity contribution in [3.63, 3.8) is 0 Å². The third kappa shape index (κ3) is 4.21. The molecule has 0 radical (unpaired) electrons. The molecule has 0 N–H and O–H groups in total. The Morgan fingerprint density at radius 2 is 1.71 bits per heavy atom. The van der Waals surface area contributed by atoms with Crippen molar-refractivity contribution >= 4 is 5.71 Å². The molecule has 1 saturated carbocycles. The van der Waals surface area contributed by atoms with Crippen LogP contribution in [0.3, 0.4) is 0 Å². The molecule has 0 aliphatic heterocycles. The first kappa shape index (κ1) is 15.3. The highest BCUT2D eigenvalue weighted by Gasteiger charge is 2.45. The van der Waals surface area contributed by atoms with Crippen LogP contribution in [0.2, 0.25) is 0 Å². The average molecular weight is 292 g/mol. The van der Waals surface area contributed by atoms with Crippen molar-refractivity contribution in [3.05, 3.63) is 40.9 Å². The summed E-state index contributed by atoms with van der Waals surface area (Å²) in [6, 6.07) is 5.57. The number of hydrogen-bond acceptors (Lipinski definition) is 0. The van der Waals surface area contributed by atoms with Gasteiger partial charge in [-0.15, -0.1) is 0 Å². The molecule has 0 heterocycles. The number of benzene rings is 1. The SMILES string of the molecule is [N-]=[N+]=C(c1ccc(C#CC2CCCCC2)cc1)C(F)(F)F. The summed E-state index contributed by atoms with van der Waals surface area (Å²) in [5.41, 5.74) is 7.70. The van der Waals surface area contributed by atoms with E-state index in [1.165, 1.54) is 43.5 Å². The van der Waals surface area contributed by atoms with E-state index < -0.39 is 11.9 Å². The Morgan fingerprint density at radius 1 is 1.10 bits per heavy atom. The van der Waals surface area contributed by atoms with Crippen LogP contribution in [0.4, 0.5) is 13.2 Å². The van der Waals surface area contributed by atoms with Gasteiger partial charge in [0.1, 0.15) is 0 Å². The van der Waals surface area contributed by atoms with E-state index in [4.69, 9.17) is 5.53 Å². The Balaban J connectivity index is 2.12. The molecule has 1 aliphatic rings. The van der Waals surface area contributed by atoms with E-state index in [1.54, 1.807) is 0 Å². The molecule has 1 aromatic rings.